The highest BCUT2D eigenvalue weighted by molar-refractivity contribution is 5.68. The third-order valence-corrected chi connectivity index (χ3v) is 3.64. The Hall–Kier alpha value is -0.770. The number of nitrogens with zero attached hydrogens (tertiary/aromatic N) is 1. The SMILES string of the molecule is CC(C)(C)OC(=O)N1CC2CCC(O)C(C2)C1. The number of likely N-dealkylation sites (tertiary alicyclic amines) is 1. The summed E-state index contributed by atoms with van der Waals surface area (Å²) in [4.78, 5) is 13.7. The molecule has 98 valence electrons. The second-order valence-corrected chi connectivity index (χ2v) is 6.39. The predicted octanol–water partition coefficient (Wildman–Crippen LogP) is 2.01. The first-order valence-corrected chi connectivity index (χ1v) is 6.51. The summed E-state index contributed by atoms with van der Waals surface area (Å²) in [5.41, 5.74) is -0.442. The lowest BCUT2D eigenvalue weighted by Crippen LogP contribution is -2.51. The molecule has 0 aromatic rings. The molecule has 1 aliphatic heterocycles. The zero-order valence-corrected chi connectivity index (χ0v) is 11.0. The summed E-state index contributed by atoms with van der Waals surface area (Å²) in [6.45, 7) is 7.07. The number of aliphatic hydroxyl groups is 1. The minimum atomic E-state index is -0.442. The Kier molecular flexibility index (Phi) is 3.34. The molecule has 1 heterocycles. The summed E-state index contributed by atoms with van der Waals surface area (Å²) >= 11 is 0. The predicted molar refractivity (Wildman–Crippen MR) is 64.6 cm³/mol. The summed E-state index contributed by atoms with van der Waals surface area (Å²) in [7, 11) is 0. The van der Waals surface area contributed by atoms with Gasteiger partial charge in [-0.05, 0) is 46.0 Å². The molecule has 1 N–H and O–H groups in total. The molecule has 1 aliphatic carbocycles. The molecule has 4 nitrogen and oxygen atoms in total. The molecule has 0 aromatic heterocycles. The van der Waals surface area contributed by atoms with Gasteiger partial charge in [0.05, 0.1) is 6.10 Å². The molecule has 2 aliphatic rings. The van der Waals surface area contributed by atoms with E-state index in [1.54, 1.807) is 4.90 Å². The van der Waals surface area contributed by atoms with E-state index in [0.717, 1.165) is 25.8 Å². The molecule has 2 rings (SSSR count). The fourth-order valence-electron chi connectivity index (χ4n) is 2.85. The molecule has 2 bridgehead atoms. The Balaban J connectivity index is 1.96. The molecule has 3 atom stereocenters. The van der Waals surface area contributed by atoms with Gasteiger partial charge in [0.25, 0.3) is 0 Å². The van der Waals surface area contributed by atoms with Crippen LogP contribution in [0.15, 0.2) is 0 Å². The summed E-state index contributed by atoms with van der Waals surface area (Å²) in [6, 6.07) is 0. The average Bonchev–Trinajstić information content (AvgIpc) is 2.21. The van der Waals surface area contributed by atoms with Crippen LogP contribution in [0.2, 0.25) is 0 Å². The van der Waals surface area contributed by atoms with Crippen molar-refractivity contribution in [3.8, 4) is 0 Å². The van der Waals surface area contributed by atoms with Crippen molar-refractivity contribution in [3.63, 3.8) is 0 Å². The summed E-state index contributed by atoms with van der Waals surface area (Å²) in [5.74, 6) is 0.791. The maximum atomic E-state index is 12.0. The van der Waals surface area contributed by atoms with Crippen LogP contribution in [0.25, 0.3) is 0 Å². The van der Waals surface area contributed by atoms with E-state index in [-0.39, 0.29) is 18.1 Å². The standard InChI is InChI=1S/C13H23NO3/c1-13(2,3)17-12(16)14-7-9-4-5-11(15)10(6-9)8-14/h9-11,15H,4-8H2,1-3H3. The van der Waals surface area contributed by atoms with Crippen LogP contribution in [-0.2, 0) is 4.74 Å². The van der Waals surface area contributed by atoms with E-state index in [2.05, 4.69) is 0 Å². The summed E-state index contributed by atoms with van der Waals surface area (Å²) < 4.78 is 5.38. The van der Waals surface area contributed by atoms with E-state index in [1.165, 1.54) is 0 Å². The van der Waals surface area contributed by atoms with Crippen molar-refractivity contribution in [2.24, 2.45) is 11.8 Å². The number of aliphatic hydroxyl groups excluding tert-OH is 1. The third-order valence-electron chi connectivity index (χ3n) is 3.64. The van der Waals surface area contributed by atoms with E-state index in [4.69, 9.17) is 4.74 Å². The van der Waals surface area contributed by atoms with Crippen molar-refractivity contribution in [1.82, 2.24) is 4.90 Å². The summed E-state index contributed by atoms with van der Waals surface area (Å²) in [5, 5.41) is 9.87. The Bertz CT molecular complexity index is 298. The lowest BCUT2D eigenvalue weighted by Gasteiger charge is -2.43. The fourth-order valence-corrected chi connectivity index (χ4v) is 2.85. The van der Waals surface area contributed by atoms with Crippen molar-refractivity contribution >= 4 is 6.09 Å². The Morgan fingerprint density at radius 1 is 1.29 bits per heavy atom. The van der Waals surface area contributed by atoms with Crippen molar-refractivity contribution < 1.29 is 14.6 Å². The highest BCUT2D eigenvalue weighted by atomic mass is 16.6. The summed E-state index contributed by atoms with van der Waals surface area (Å²) in [6.07, 6.45) is 2.49. The Labute approximate surface area is 103 Å². The molecule has 1 amide bonds. The van der Waals surface area contributed by atoms with Crippen LogP contribution in [0.1, 0.15) is 40.0 Å². The van der Waals surface area contributed by atoms with Gasteiger partial charge in [0.2, 0.25) is 0 Å². The maximum Gasteiger partial charge on any atom is 0.410 e. The van der Waals surface area contributed by atoms with E-state index in [1.807, 2.05) is 20.8 Å². The number of rotatable bonds is 0. The molecule has 17 heavy (non-hydrogen) atoms. The van der Waals surface area contributed by atoms with Crippen LogP contribution in [0.3, 0.4) is 0 Å². The van der Waals surface area contributed by atoms with Gasteiger partial charge in [-0.15, -0.1) is 0 Å². The van der Waals surface area contributed by atoms with Gasteiger partial charge in [0.15, 0.2) is 0 Å². The molecule has 0 spiro atoms. The van der Waals surface area contributed by atoms with Crippen molar-refractivity contribution in [1.29, 1.82) is 0 Å². The lowest BCUT2D eigenvalue weighted by atomic mass is 9.76. The van der Waals surface area contributed by atoms with Gasteiger partial charge in [-0.2, -0.15) is 0 Å². The minimum absolute atomic E-state index is 0.235. The first kappa shape index (κ1) is 12.7. The monoisotopic (exact) mass is 241 g/mol. The lowest BCUT2D eigenvalue weighted by molar-refractivity contribution is -0.0300. The Morgan fingerprint density at radius 2 is 2.00 bits per heavy atom. The minimum Gasteiger partial charge on any atom is -0.444 e. The fraction of sp³-hybridized carbons (Fsp3) is 0.923. The first-order valence-electron chi connectivity index (χ1n) is 6.51. The van der Waals surface area contributed by atoms with Crippen molar-refractivity contribution in [2.45, 2.75) is 51.7 Å². The number of fused-ring (bicyclic) bond motifs is 2. The number of amides is 1. The number of ether oxygens (including phenoxy) is 1. The number of hydrogen-bond acceptors (Lipinski definition) is 3. The number of carbonyl (C=O) groups is 1. The molecule has 4 heteroatoms. The van der Waals surface area contributed by atoms with Crippen LogP contribution in [0.5, 0.6) is 0 Å². The zero-order chi connectivity index (χ0) is 12.6. The smallest absolute Gasteiger partial charge is 0.410 e. The van der Waals surface area contributed by atoms with Gasteiger partial charge in [-0.1, -0.05) is 0 Å². The van der Waals surface area contributed by atoms with Crippen LogP contribution in [0.4, 0.5) is 4.79 Å². The second-order valence-electron chi connectivity index (χ2n) is 6.39. The molecular weight excluding hydrogens is 218 g/mol. The van der Waals surface area contributed by atoms with Gasteiger partial charge < -0.3 is 14.7 Å². The van der Waals surface area contributed by atoms with Gasteiger partial charge in [0, 0.05) is 19.0 Å². The largest absolute Gasteiger partial charge is 0.444 e. The van der Waals surface area contributed by atoms with E-state index >= 15 is 0 Å². The topological polar surface area (TPSA) is 49.8 Å². The number of carbonyl (C=O) groups excluding carboxylic acids is 1. The Morgan fingerprint density at radius 3 is 2.65 bits per heavy atom. The molecule has 0 aromatic carbocycles. The van der Waals surface area contributed by atoms with Gasteiger partial charge in [-0.3, -0.25) is 0 Å². The first-order chi connectivity index (χ1) is 7.85. The molecule has 1 saturated heterocycles. The molecule has 1 saturated carbocycles. The van der Waals surface area contributed by atoms with E-state index in [9.17, 15) is 9.90 Å². The highest BCUT2D eigenvalue weighted by Gasteiger charge is 2.38. The molecule has 0 radical (unpaired) electrons. The average molecular weight is 241 g/mol. The van der Waals surface area contributed by atoms with Crippen LogP contribution in [0, 0.1) is 11.8 Å². The van der Waals surface area contributed by atoms with Crippen LogP contribution < -0.4 is 0 Å². The van der Waals surface area contributed by atoms with Gasteiger partial charge in [-0.25, -0.2) is 4.79 Å². The zero-order valence-electron chi connectivity index (χ0n) is 11.0. The number of piperidine rings is 1. The van der Waals surface area contributed by atoms with Crippen molar-refractivity contribution in [2.75, 3.05) is 13.1 Å². The third kappa shape index (κ3) is 3.12. The van der Waals surface area contributed by atoms with Gasteiger partial charge in [0.1, 0.15) is 5.60 Å². The van der Waals surface area contributed by atoms with E-state index in [0.29, 0.717) is 12.5 Å². The quantitative estimate of drug-likeness (QED) is 0.706. The molecule has 2 fully saturated rings. The van der Waals surface area contributed by atoms with Crippen LogP contribution >= 0.6 is 0 Å². The van der Waals surface area contributed by atoms with Gasteiger partial charge >= 0.3 is 6.09 Å². The van der Waals surface area contributed by atoms with Crippen LogP contribution in [-0.4, -0.2) is 40.9 Å². The normalized spacial score (nSPS) is 33.4. The molecule has 3 unspecified atom stereocenters. The van der Waals surface area contributed by atoms with Crippen molar-refractivity contribution in [3.05, 3.63) is 0 Å². The van der Waals surface area contributed by atoms with E-state index < -0.39 is 5.60 Å². The molecular formula is C13H23NO3. The highest BCUT2D eigenvalue weighted by Crippen LogP contribution is 2.35. The second kappa shape index (κ2) is 4.48. The number of hydrogen-bond donors (Lipinski definition) is 1. The maximum absolute atomic E-state index is 12.0.